The highest BCUT2D eigenvalue weighted by Crippen LogP contribution is 2.33. The largest absolute Gasteiger partial charge is 0.213 e. The third-order valence-electron chi connectivity index (χ3n) is 5.21. The maximum absolute atomic E-state index is 2.39. The van der Waals surface area contributed by atoms with Gasteiger partial charge in [-0.3, -0.25) is 0 Å². The second-order valence-corrected chi connectivity index (χ2v) is 8.46. The van der Waals surface area contributed by atoms with Crippen molar-refractivity contribution in [3.8, 4) is 22.4 Å². The van der Waals surface area contributed by atoms with Crippen LogP contribution in [0.15, 0.2) is 54.7 Å². The van der Waals surface area contributed by atoms with Crippen molar-refractivity contribution >= 4 is 0 Å². The van der Waals surface area contributed by atoms with Crippen LogP contribution >= 0.6 is 0 Å². The molecule has 0 amide bonds. The molecule has 0 saturated heterocycles. The lowest BCUT2D eigenvalue weighted by molar-refractivity contribution is -0.660. The van der Waals surface area contributed by atoms with Crippen LogP contribution in [0.25, 0.3) is 22.4 Å². The summed E-state index contributed by atoms with van der Waals surface area (Å²) in [6.07, 6.45) is 2.24. The Kier molecular flexibility index (Phi) is 4.75. The van der Waals surface area contributed by atoms with Gasteiger partial charge in [-0.2, -0.15) is 0 Å². The minimum absolute atomic E-state index is 0.137. The predicted molar refractivity (Wildman–Crippen MR) is 111 cm³/mol. The third kappa shape index (κ3) is 3.44. The van der Waals surface area contributed by atoms with Crippen LogP contribution in [0.3, 0.4) is 0 Å². The van der Waals surface area contributed by atoms with Crippen LogP contribution in [-0.4, -0.2) is 0 Å². The number of rotatable bonds is 2. The van der Waals surface area contributed by atoms with E-state index in [4.69, 9.17) is 0 Å². The molecule has 0 N–H and O–H groups in total. The summed E-state index contributed by atoms with van der Waals surface area (Å²) in [5.74, 6) is 0. The fourth-order valence-corrected chi connectivity index (χ4v) is 3.91. The molecule has 0 atom stereocenters. The van der Waals surface area contributed by atoms with Crippen LogP contribution in [0.2, 0.25) is 0 Å². The van der Waals surface area contributed by atoms with Gasteiger partial charge in [-0.25, -0.2) is 4.57 Å². The van der Waals surface area contributed by atoms with Crippen LogP contribution in [0.5, 0.6) is 0 Å². The monoisotopic (exact) mass is 344 g/mol. The standard InChI is InChI=1S/C25H30N/c1-17-13-18(2)23(25(4,5)6)14-22(17)24-15-21(19(3)16-26(24)7)20-11-9-8-10-12-20/h8-16H,1-7H3/q+1. The van der Waals surface area contributed by atoms with Gasteiger partial charge in [-0.1, -0.05) is 57.2 Å². The summed E-state index contributed by atoms with van der Waals surface area (Å²) in [6, 6.07) is 17.7. The summed E-state index contributed by atoms with van der Waals surface area (Å²) in [5.41, 5.74) is 10.7. The van der Waals surface area contributed by atoms with E-state index in [0.717, 1.165) is 0 Å². The molecule has 0 spiro atoms. The van der Waals surface area contributed by atoms with E-state index < -0.39 is 0 Å². The van der Waals surface area contributed by atoms with Crippen LogP contribution in [0.4, 0.5) is 0 Å². The molecule has 134 valence electrons. The second-order valence-electron chi connectivity index (χ2n) is 8.46. The maximum Gasteiger partial charge on any atom is 0.213 e. The van der Waals surface area contributed by atoms with Crippen molar-refractivity contribution in [1.82, 2.24) is 0 Å². The zero-order chi connectivity index (χ0) is 19.1. The van der Waals surface area contributed by atoms with E-state index in [1.807, 2.05) is 0 Å². The molecule has 0 aliphatic heterocycles. The SMILES string of the molecule is Cc1c[n+](C)c(-c2cc(C(C)(C)C)c(C)cc2C)cc1-c1ccccc1. The molecule has 0 fully saturated rings. The first-order valence-corrected chi connectivity index (χ1v) is 9.36. The van der Waals surface area contributed by atoms with Gasteiger partial charge < -0.3 is 0 Å². The summed E-state index contributed by atoms with van der Waals surface area (Å²) >= 11 is 0. The Balaban J connectivity index is 2.25. The zero-order valence-electron chi connectivity index (χ0n) is 17.1. The lowest BCUT2D eigenvalue weighted by atomic mass is 9.81. The number of nitrogens with zero attached hydrogens (tertiary/aromatic N) is 1. The number of aromatic nitrogens is 1. The first-order valence-electron chi connectivity index (χ1n) is 9.36. The molecule has 26 heavy (non-hydrogen) atoms. The van der Waals surface area contributed by atoms with E-state index in [2.05, 4.69) is 108 Å². The number of benzene rings is 2. The van der Waals surface area contributed by atoms with Gasteiger partial charge in [0.15, 0.2) is 6.20 Å². The average Bonchev–Trinajstić information content (AvgIpc) is 2.55. The lowest BCUT2D eigenvalue weighted by Gasteiger charge is -2.23. The Labute approximate surface area is 158 Å². The van der Waals surface area contributed by atoms with Gasteiger partial charge >= 0.3 is 0 Å². The number of hydrogen-bond acceptors (Lipinski definition) is 0. The Bertz CT molecular complexity index is 944. The topological polar surface area (TPSA) is 3.88 Å². The van der Waals surface area contributed by atoms with E-state index in [-0.39, 0.29) is 5.41 Å². The van der Waals surface area contributed by atoms with Crippen LogP contribution in [0.1, 0.15) is 43.0 Å². The van der Waals surface area contributed by atoms with Gasteiger partial charge in [0.1, 0.15) is 7.05 Å². The first-order chi connectivity index (χ1) is 12.2. The summed E-state index contributed by atoms with van der Waals surface area (Å²) in [5, 5.41) is 0. The van der Waals surface area contributed by atoms with Crippen molar-refractivity contribution in [2.75, 3.05) is 0 Å². The molecule has 0 radical (unpaired) electrons. The molecule has 0 unspecified atom stereocenters. The Hall–Kier alpha value is -2.41. The van der Waals surface area contributed by atoms with Gasteiger partial charge in [0.05, 0.1) is 0 Å². The zero-order valence-corrected chi connectivity index (χ0v) is 17.1. The molecule has 3 rings (SSSR count). The third-order valence-corrected chi connectivity index (χ3v) is 5.21. The fraction of sp³-hybridized carbons (Fsp3) is 0.320. The molecular formula is C25H30N+. The molecule has 3 aromatic rings. The maximum atomic E-state index is 2.39. The molecule has 0 bridgehead atoms. The first kappa shape index (κ1) is 18.4. The molecule has 2 aromatic carbocycles. The Morgan fingerprint density at radius 3 is 2.00 bits per heavy atom. The predicted octanol–water partition coefficient (Wildman–Crippen LogP) is 6.07. The minimum atomic E-state index is 0.137. The molecule has 1 aromatic heterocycles. The molecule has 1 nitrogen and oxygen atoms in total. The summed E-state index contributed by atoms with van der Waals surface area (Å²) < 4.78 is 2.26. The summed E-state index contributed by atoms with van der Waals surface area (Å²) in [7, 11) is 2.15. The summed E-state index contributed by atoms with van der Waals surface area (Å²) in [6.45, 7) is 13.5. The molecule has 0 saturated carbocycles. The van der Waals surface area contributed by atoms with Crippen molar-refractivity contribution < 1.29 is 4.57 Å². The lowest BCUT2D eigenvalue weighted by Crippen LogP contribution is -2.31. The average molecular weight is 345 g/mol. The minimum Gasteiger partial charge on any atom is -0.201 e. The van der Waals surface area contributed by atoms with Crippen molar-refractivity contribution in [3.05, 3.63) is 77.0 Å². The molecule has 1 heteroatoms. The van der Waals surface area contributed by atoms with E-state index in [9.17, 15) is 0 Å². The Morgan fingerprint density at radius 1 is 0.731 bits per heavy atom. The van der Waals surface area contributed by atoms with Gasteiger partial charge in [-0.15, -0.1) is 0 Å². The Morgan fingerprint density at radius 2 is 1.38 bits per heavy atom. The van der Waals surface area contributed by atoms with Gasteiger partial charge in [-0.05, 0) is 60.1 Å². The second kappa shape index (κ2) is 6.72. The van der Waals surface area contributed by atoms with Crippen LogP contribution in [0, 0.1) is 20.8 Å². The van der Waals surface area contributed by atoms with Crippen molar-refractivity contribution in [2.45, 2.75) is 47.0 Å². The highest BCUT2D eigenvalue weighted by atomic mass is 14.9. The van der Waals surface area contributed by atoms with E-state index >= 15 is 0 Å². The molecule has 1 heterocycles. The normalized spacial score (nSPS) is 11.7. The van der Waals surface area contributed by atoms with E-state index in [0.29, 0.717) is 0 Å². The number of pyridine rings is 1. The quantitative estimate of drug-likeness (QED) is 0.497. The molecule has 0 aliphatic rings. The van der Waals surface area contributed by atoms with Crippen LogP contribution in [-0.2, 0) is 12.5 Å². The van der Waals surface area contributed by atoms with Gasteiger partial charge in [0, 0.05) is 17.2 Å². The van der Waals surface area contributed by atoms with Crippen molar-refractivity contribution in [1.29, 1.82) is 0 Å². The fourth-order valence-electron chi connectivity index (χ4n) is 3.91. The highest BCUT2D eigenvalue weighted by Gasteiger charge is 2.22. The van der Waals surface area contributed by atoms with Gasteiger partial charge in [0.25, 0.3) is 0 Å². The van der Waals surface area contributed by atoms with E-state index in [1.54, 1.807) is 0 Å². The van der Waals surface area contributed by atoms with Crippen molar-refractivity contribution in [3.63, 3.8) is 0 Å². The number of hydrogen-bond donors (Lipinski definition) is 0. The number of aryl methyl sites for hydroxylation is 4. The summed E-state index contributed by atoms with van der Waals surface area (Å²) in [4.78, 5) is 0. The van der Waals surface area contributed by atoms with Crippen LogP contribution < -0.4 is 4.57 Å². The van der Waals surface area contributed by atoms with Gasteiger partial charge in [0.2, 0.25) is 5.69 Å². The van der Waals surface area contributed by atoms with E-state index in [1.165, 1.54) is 44.6 Å². The highest BCUT2D eigenvalue weighted by molar-refractivity contribution is 5.73. The molecular weight excluding hydrogens is 314 g/mol. The molecule has 0 aliphatic carbocycles. The smallest absolute Gasteiger partial charge is 0.201 e. The van der Waals surface area contributed by atoms with Crippen molar-refractivity contribution in [2.24, 2.45) is 7.05 Å².